The fourth-order valence-corrected chi connectivity index (χ4v) is 2.99. The number of hydrogen-bond donors (Lipinski definition) is 0. The minimum atomic E-state index is 0.0783. The molecule has 0 bridgehead atoms. The van der Waals surface area contributed by atoms with E-state index in [4.69, 9.17) is 0 Å². The maximum atomic E-state index is 12.5. The van der Waals surface area contributed by atoms with Gasteiger partial charge in [0.1, 0.15) is 5.82 Å². The van der Waals surface area contributed by atoms with Crippen LogP contribution in [0.1, 0.15) is 35.0 Å². The Labute approximate surface area is 129 Å². The van der Waals surface area contributed by atoms with Crippen LogP contribution in [0.25, 0.3) is 0 Å². The number of amides is 1. The molecule has 7 nitrogen and oxygen atoms in total. The minimum absolute atomic E-state index is 0.0783. The fourth-order valence-electron chi connectivity index (χ4n) is 2.99. The highest BCUT2D eigenvalue weighted by Crippen LogP contribution is 2.17. The van der Waals surface area contributed by atoms with E-state index in [1.807, 2.05) is 32.6 Å². The van der Waals surface area contributed by atoms with E-state index in [0.29, 0.717) is 13.0 Å². The number of nitrogens with zero attached hydrogens (tertiary/aromatic N) is 6. The van der Waals surface area contributed by atoms with Gasteiger partial charge in [0.2, 0.25) is 5.91 Å². The summed E-state index contributed by atoms with van der Waals surface area (Å²) in [6.07, 6.45) is 2.48. The van der Waals surface area contributed by atoms with Crippen molar-refractivity contribution in [2.45, 2.75) is 46.2 Å². The molecule has 3 heterocycles. The summed E-state index contributed by atoms with van der Waals surface area (Å²) in [5.74, 6) is 1.99. The first-order chi connectivity index (χ1) is 10.5. The van der Waals surface area contributed by atoms with Gasteiger partial charge in [-0.2, -0.15) is 5.10 Å². The molecule has 1 amide bonds. The summed E-state index contributed by atoms with van der Waals surface area (Å²) < 4.78 is 3.95. The molecule has 0 radical (unpaired) electrons. The van der Waals surface area contributed by atoms with Crippen molar-refractivity contribution in [1.82, 2.24) is 29.4 Å². The highest BCUT2D eigenvalue weighted by molar-refractivity contribution is 5.79. The van der Waals surface area contributed by atoms with Crippen molar-refractivity contribution >= 4 is 5.91 Å². The summed E-state index contributed by atoms with van der Waals surface area (Å²) >= 11 is 0. The van der Waals surface area contributed by atoms with E-state index in [1.54, 1.807) is 4.90 Å². The van der Waals surface area contributed by atoms with Gasteiger partial charge in [0.15, 0.2) is 5.82 Å². The zero-order chi connectivity index (χ0) is 15.9. The molecule has 0 aliphatic carbocycles. The van der Waals surface area contributed by atoms with Crippen LogP contribution in [0, 0.1) is 13.8 Å². The third kappa shape index (κ3) is 2.51. The van der Waals surface area contributed by atoms with E-state index in [9.17, 15) is 4.79 Å². The quantitative estimate of drug-likeness (QED) is 0.837. The van der Waals surface area contributed by atoms with Crippen LogP contribution in [0.4, 0.5) is 0 Å². The van der Waals surface area contributed by atoms with Gasteiger partial charge in [-0.1, -0.05) is 0 Å². The lowest BCUT2D eigenvalue weighted by Crippen LogP contribution is -2.29. The molecular formula is C15H22N6O. The van der Waals surface area contributed by atoms with Gasteiger partial charge in [-0.05, 0) is 20.3 Å². The van der Waals surface area contributed by atoms with E-state index < -0.39 is 0 Å². The lowest BCUT2D eigenvalue weighted by molar-refractivity contribution is -0.129. The molecule has 0 spiro atoms. The largest absolute Gasteiger partial charge is 0.338 e. The fraction of sp³-hybridized carbons (Fsp3) is 0.600. The van der Waals surface area contributed by atoms with E-state index in [2.05, 4.69) is 19.9 Å². The van der Waals surface area contributed by atoms with E-state index in [1.165, 1.54) is 0 Å². The van der Waals surface area contributed by atoms with Crippen molar-refractivity contribution in [3.63, 3.8) is 0 Å². The predicted octanol–water partition coefficient (Wildman–Crippen LogP) is 0.776. The van der Waals surface area contributed by atoms with Gasteiger partial charge in [-0.15, -0.1) is 10.2 Å². The lowest BCUT2D eigenvalue weighted by atomic mass is 10.1. The molecule has 3 rings (SSSR count). The summed E-state index contributed by atoms with van der Waals surface area (Å²) in [4.78, 5) is 14.2. The van der Waals surface area contributed by atoms with Gasteiger partial charge in [0.25, 0.3) is 0 Å². The maximum Gasteiger partial charge on any atom is 0.227 e. The molecule has 0 unspecified atom stereocenters. The number of carbonyl (C=O) groups excluding carboxylic acids is 1. The Balaban J connectivity index is 1.69. The minimum Gasteiger partial charge on any atom is -0.338 e. The van der Waals surface area contributed by atoms with Crippen LogP contribution in [-0.2, 0) is 37.8 Å². The molecule has 1 aliphatic rings. The number of rotatable bonds is 4. The highest BCUT2D eigenvalue weighted by atomic mass is 16.2. The highest BCUT2D eigenvalue weighted by Gasteiger charge is 2.21. The second kappa shape index (κ2) is 5.55. The van der Waals surface area contributed by atoms with E-state index in [-0.39, 0.29) is 5.91 Å². The molecule has 0 saturated carbocycles. The van der Waals surface area contributed by atoms with Crippen LogP contribution < -0.4 is 0 Å². The Morgan fingerprint density at radius 1 is 1.32 bits per heavy atom. The Morgan fingerprint density at radius 3 is 2.77 bits per heavy atom. The van der Waals surface area contributed by atoms with Crippen LogP contribution >= 0.6 is 0 Å². The first-order valence-electron chi connectivity index (χ1n) is 7.61. The van der Waals surface area contributed by atoms with Crippen molar-refractivity contribution in [1.29, 1.82) is 0 Å². The van der Waals surface area contributed by atoms with Crippen LogP contribution in [0.15, 0.2) is 0 Å². The topological polar surface area (TPSA) is 68.8 Å². The number of fused-ring (bicyclic) bond motifs is 1. The Hall–Kier alpha value is -2.18. The first-order valence-corrected chi connectivity index (χ1v) is 7.61. The molecule has 0 fully saturated rings. The summed E-state index contributed by atoms with van der Waals surface area (Å²) in [7, 11) is 3.72. The number of hydrogen-bond acceptors (Lipinski definition) is 4. The zero-order valence-corrected chi connectivity index (χ0v) is 13.6. The monoisotopic (exact) mass is 302 g/mol. The Kier molecular flexibility index (Phi) is 3.72. The Morgan fingerprint density at radius 2 is 2.09 bits per heavy atom. The molecule has 1 aliphatic heterocycles. The van der Waals surface area contributed by atoms with E-state index >= 15 is 0 Å². The summed E-state index contributed by atoms with van der Waals surface area (Å²) in [5, 5.41) is 12.8. The van der Waals surface area contributed by atoms with Gasteiger partial charge in [-0.25, -0.2) is 0 Å². The van der Waals surface area contributed by atoms with Gasteiger partial charge >= 0.3 is 0 Å². The van der Waals surface area contributed by atoms with Crippen LogP contribution in [0.5, 0.6) is 0 Å². The third-order valence-electron chi connectivity index (χ3n) is 4.48. The molecule has 0 aromatic carbocycles. The average Bonchev–Trinajstić information content (AvgIpc) is 3.13. The standard InChI is InChI=1S/C15H22N6O/c1-10-12(11(2)20(4)18-10)8-15(22)19(3)9-14-17-16-13-6-5-7-21(13)14/h5-9H2,1-4H3. The molecule has 0 N–H and O–H groups in total. The van der Waals surface area contributed by atoms with Gasteiger partial charge in [-0.3, -0.25) is 9.48 Å². The van der Waals surface area contributed by atoms with Crippen molar-refractivity contribution in [3.8, 4) is 0 Å². The molecule has 0 saturated heterocycles. The second-order valence-electron chi connectivity index (χ2n) is 5.99. The maximum absolute atomic E-state index is 12.5. The van der Waals surface area contributed by atoms with Crippen molar-refractivity contribution in [2.75, 3.05) is 7.05 Å². The SMILES string of the molecule is Cc1nn(C)c(C)c1CC(=O)N(C)Cc1nnc2n1CCC2. The molecule has 118 valence electrons. The second-order valence-corrected chi connectivity index (χ2v) is 5.99. The number of carbonyl (C=O) groups is 1. The molecule has 2 aromatic rings. The molecular weight excluding hydrogens is 280 g/mol. The lowest BCUT2D eigenvalue weighted by Gasteiger charge is -2.17. The van der Waals surface area contributed by atoms with Crippen molar-refractivity contribution in [3.05, 3.63) is 28.6 Å². The molecule has 2 aromatic heterocycles. The normalized spacial score (nSPS) is 13.5. The average molecular weight is 302 g/mol. The van der Waals surface area contributed by atoms with Crippen LogP contribution in [-0.4, -0.2) is 42.4 Å². The third-order valence-corrected chi connectivity index (χ3v) is 4.48. The van der Waals surface area contributed by atoms with Gasteiger partial charge in [0.05, 0.1) is 18.7 Å². The first kappa shape index (κ1) is 14.7. The summed E-state index contributed by atoms with van der Waals surface area (Å²) in [6.45, 7) is 5.40. The van der Waals surface area contributed by atoms with Crippen molar-refractivity contribution in [2.24, 2.45) is 7.05 Å². The number of aryl methyl sites for hydroxylation is 3. The van der Waals surface area contributed by atoms with Gasteiger partial charge in [0, 0.05) is 38.3 Å². The Bertz CT molecular complexity index is 714. The summed E-state index contributed by atoms with van der Waals surface area (Å²) in [5.41, 5.74) is 2.98. The van der Waals surface area contributed by atoms with E-state index in [0.717, 1.165) is 48.0 Å². The summed E-state index contributed by atoms with van der Waals surface area (Å²) in [6, 6.07) is 0. The number of likely N-dealkylation sites (N-methyl/N-ethyl adjacent to an activating group) is 1. The van der Waals surface area contributed by atoms with Crippen molar-refractivity contribution < 1.29 is 4.79 Å². The molecule has 22 heavy (non-hydrogen) atoms. The predicted molar refractivity (Wildman–Crippen MR) is 81.2 cm³/mol. The number of aromatic nitrogens is 5. The zero-order valence-electron chi connectivity index (χ0n) is 13.6. The molecule has 0 atom stereocenters. The molecule has 7 heteroatoms. The van der Waals surface area contributed by atoms with Gasteiger partial charge < -0.3 is 9.47 Å². The van der Waals surface area contributed by atoms with Crippen LogP contribution in [0.3, 0.4) is 0 Å². The van der Waals surface area contributed by atoms with Crippen LogP contribution in [0.2, 0.25) is 0 Å². The smallest absolute Gasteiger partial charge is 0.227 e.